The Bertz CT molecular complexity index is 561. The van der Waals surface area contributed by atoms with Crippen molar-refractivity contribution < 1.29 is 9.53 Å². The zero-order valence-corrected chi connectivity index (χ0v) is 16.2. The lowest BCUT2D eigenvalue weighted by Gasteiger charge is -2.04. The molecule has 0 saturated carbocycles. The highest BCUT2D eigenvalue weighted by Crippen LogP contribution is 2.22. The SMILES string of the molecule is C/C=C/c1nc([C@@H](C)C/C=C/C(=O)OCC/C(C)=C/I)cs1. The molecule has 0 saturated heterocycles. The number of ether oxygens (including phenoxy) is 1. The standard InChI is InChI=1S/C17H22INO2S/c1-4-6-16-19-15(12-22-16)14(3)7-5-8-17(20)21-10-9-13(2)11-18/h4-6,8,11-12,14H,7,9-10H2,1-3H3/b6-4+,8-5+,13-11+/t14-/m0/s1. The van der Waals surface area contributed by atoms with Gasteiger partial charge >= 0.3 is 5.97 Å². The molecule has 0 bridgehead atoms. The Kier molecular flexibility index (Phi) is 9.31. The molecule has 1 heterocycles. The number of rotatable bonds is 8. The van der Waals surface area contributed by atoms with Crippen LogP contribution in [0.3, 0.4) is 0 Å². The van der Waals surface area contributed by atoms with Crippen molar-refractivity contribution in [2.45, 2.75) is 39.5 Å². The average Bonchev–Trinajstić information content (AvgIpc) is 2.96. The van der Waals surface area contributed by atoms with Gasteiger partial charge in [0.1, 0.15) is 5.01 Å². The van der Waals surface area contributed by atoms with Gasteiger partial charge in [-0.05, 0) is 30.4 Å². The molecule has 0 radical (unpaired) electrons. The molecule has 0 aliphatic rings. The van der Waals surface area contributed by atoms with Gasteiger partial charge in [0.05, 0.1) is 12.3 Å². The summed E-state index contributed by atoms with van der Waals surface area (Å²) in [6.45, 7) is 6.55. The van der Waals surface area contributed by atoms with Crippen LogP contribution in [-0.2, 0) is 9.53 Å². The molecule has 0 aromatic carbocycles. The minimum absolute atomic E-state index is 0.277. The predicted octanol–water partition coefficient (Wildman–Crippen LogP) is 5.50. The smallest absolute Gasteiger partial charge is 0.330 e. The maximum Gasteiger partial charge on any atom is 0.330 e. The highest BCUT2D eigenvalue weighted by molar-refractivity contribution is 14.1. The first-order valence-electron chi connectivity index (χ1n) is 7.24. The van der Waals surface area contributed by atoms with E-state index in [0.29, 0.717) is 12.5 Å². The van der Waals surface area contributed by atoms with Gasteiger partial charge in [-0.15, -0.1) is 11.3 Å². The quantitative estimate of drug-likeness (QED) is 0.310. The lowest BCUT2D eigenvalue weighted by Crippen LogP contribution is -2.02. The van der Waals surface area contributed by atoms with Gasteiger partial charge < -0.3 is 4.74 Å². The topological polar surface area (TPSA) is 39.2 Å². The van der Waals surface area contributed by atoms with Crippen LogP contribution in [0, 0.1) is 0 Å². The summed E-state index contributed by atoms with van der Waals surface area (Å²) in [5, 5.41) is 3.09. The van der Waals surface area contributed by atoms with Gasteiger partial charge in [0.25, 0.3) is 0 Å². The molecule has 0 aliphatic heterocycles. The van der Waals surface area contributed by atoms with Gasteiger partial charge in [-0.2, -0.15) is 0 Å². The van der Waals surface area contributed by atoms with Crippen molar-refractivity contribution in [3.63, 3.8) is 0 Å². The number of nitrogens with zero attached hydrogens (tertiary/aromatic N) is 1. The molecule has 1 aromatic heterocycles. The van der Waals surface area contributed by atoms with E-state index in [1.165, 1.54) is 11.6 Å². The number of hydrogen-bond acceptors (Lipinski definition) is 4. The van der Waals surface area contributed by atoms with Gasteiger partial charge in [-0.3, -0.25) is 0 Å². The first-order valence-corrected chi connectivity index (χ1v) is 9.36. The summed E-state index contributed by atoms with van der Waals surface area (Å²) in [6, 6.07) is 0. The molecule has 0 aliphatic carbocycles. The van der Waals surface area contributed by atoms with Crippen molar-refractivity contribution in [3.8, 4) is 0 Å². The lowest BCUT2D eigenvalue weighted by molar-refractivity contribution is -0.137. The molecule has 3 nitrogen and oxygen atoms in total. The fourth-order valence-corrected chi connectivity index (χ4v) is 2.86. The van der Waals surface area contributed by atoms with Crippen molar-refractivity contribution in [1.82, 2.24) is 4.98 Å². The summed E-state index contributed by atoms with van der Waals surface area (Å²) in [4.78, 5) is 16.1. The molecule has 1 aromatic rings. The van der Waals surface area contributed by atoms with E-state index in [4.69, 9.17) is 4.74 Å². The molecule has 1 rings (SSSR count). The fraction of sp³-hybridized carbons (Fsp3) is 0.412. The Morgan fingerprint density at radius 3 is 3.00 bits per heavy atom. The average molecular weight is 431 g/mol. The summed E-state index contributed by atoms with van der Waals surface area (Å²) in [7, 11) is 0. The van der Waals surface area contributed by atoms with E-state index in [2.05, 4.69) is 39.9 Å². The Morgan fingerprint density at radius 2 is 2.32 bits per heavy atom. The summed E-state index contributed by atoms with van der Waals surface area (Å²) in [5.74, 6) is 0.0184. The van der Waals surface area contributed by atoms with Crippen LogP contribution in [0.5, 0.6) is 0 Å². The van der Waals surface area contributed by atoms with Gasteiger partial charge in [-0.25, -0.2) is 9.78 Å². The zero-order valence-electron chi connectivity index (χ0n) is 13.2. The predicted molar refractivity (Wildman–Crippen MR) is 102 cm³/mol. The molecule has 0 amide bonds. The van der Waals surface area contributed by atoms with Crippen molar-refractivity contribution in [3.05, 3.63) is 44.0 Å². The second kappa shape index (κ2) is 10.7. The number of thiazole rings is 1. The summed E-state index contributed by atoms with van der Waals surface area (Å²) < 4.78 is 7.14. The number of halogens is 1. The number of aromatic nitrogens is 1. The highest BCUT2D eigenvalue weighted by atomic mass is 127. The highest BCUT2D eigenvalue weighted by Gasteiger charge is 2.08. The van der Waals surface area contributed by atoms with E-state index in [-0.39, 0.29) is 5.97 Å². The zero-order chi connectivity index (χ0) is 16.4. The fourth-order valence-electron chi connectivity index (χ4n) is 1.65. The number of carbonyl (C=O) groups is 1. The van der Waals surface area contributed by atoms with Crippen molar-refractivity contribution in [2.75, 3.05) is 6.61 Å². The van der Waals surface area contributed by atoms with E-state index >= 15 is 0 Å². The molecule has 5 heteroatoms. The molecular weight excluding hydrogens is 409 g/mol. The molecular formula is C17H22INO2S. The number of esters is 1. The third-order valence-electron chi connectivity index (χ3n) is 3.02. The minimum Gasteiger partial charge on any atom is -0.462 e. The second-order valence-electron chi connectivity index (χ2n) is 5.02. The van der Waals surface area contributed by atoms with E-state index in [1.54, 1.807) is 11.3 Å². The van der Waals surface area contributed by atoms with E-state index < -0.39 is 0 Å². The van der Waals surface area contributed by atoms with E-state index in [1.807, 2.05) is 36.2 Å². The monoisotopic (exact) mass is 431 g/mol. The minimum atomic E-state index is -0.277. The number of carbonyl (C=O) groups excluding carboxylic acids is 1. The van der Waals surface area contributed by atoms with Gasteiger partial charge in [0.15, 0.2) is 0 Å². The normalized spacial score (nSPS) is 13.9. The molecule has 0 unspecified atom stereocenters. The summed E-state index contributed by atoms with van der Waals surface area (Å²) in [5.41, 5.74) is 2.28. The number of hydrogen-bond donors (Lipinski definition) is 0. The van der Waals surface area contributed by atoms with E-state index in [0.717, 1.165) is 23.5 Å². The van der Waals surface area contributed by atoms with E-state index in [9.17, 15) is 4.79 Å². The van der Waals surface area contributed by atoms with Crippen LogP contribution in [0.15, 0.2) is 33.3 Å². The van der Waals surface area contributed by atoms with Gasteiger partial charge in [0.2, 0.25) is 0 Å². The van der Waals surface area contributed by atoms with Gasteiger partial charge in [0, 0.05) is 23.8 Å². The van der Waals surface area contributed by atoms with Crippen LogP contribution in [0.1, 0.15) is 50.2 Å². The first-order chi connectivity index (χ1) is 10.6. The largest absolute Gasteiger partial charge is 0.462 e. The lowest BCUT2D eigenvalue weighted by atomic mass is 10.1. The van der Waals surface area contributed by atoms with Crippen LogP contribution >= 0.6 is 33.9 Å². The molecule has 0 spiro atoms. The second-order valence-corrected chi connectivity index (χ2v) is 6.54. The van der Waals surface area contributed by atoms with Gasteiger partial charge in [-0.1, -0.05) is 47.2 Å². The van der Waals surface area contributed by atoms with Crippen LogP contribution < -0.4 is 0 Å². The molecule has 120 valence electrons. The third kappa shape index (κ3) is 7.35. The summed E-state index contributed by atoms with van der Waals surface area (Å²) in [6.07, 6.45) is 8.92. The first kappa shape index (κ1) is 19.1. The van der Waals surface area contributed by atoms with Crippen LogP contribution in [-0.4, -0.2) is 17.6 Å². The van der Waals surface area contributed by atoms with Crippen LogP contribution in [0.25, 0.3) is 6.08 Å². The van der Waals surface area contributed by atoms with Crippen LogP contribution in [0.4, 0.5) is 0 Å². The van der Waals surface area contributed by atoms with Crippen LogP contribution in [0.2, 0.25) is 0 Å². The van der Waals surface area contributed by atoms with Crippen molar-refractivity contribution >= 4 is 46.0 Å². The Hall–Kier alpha value is -0.950. The molecule has 0 N–H and O–H groups in total. The Labute approximate surface area is 150 Å². The maximum absolute atomic E-state index is 11.6. The number of allylic oxidation sites excluding steroid dienone is 2. The third-order valence-corrected chi connectivity index (χ3v) is 4.92. The Balaban J connectivity index is 2.35. The van der Waals surface area contributed by atoms with Crippen molar-refractivity contribution in [2.24, 2.45) is 0 Å². The Morgan fingerprint density at radius 1 is 1.55 bits per heavy atom. The molecule has 1 atom stereocenters. The molecule has 0 fully saturated rings. The summed E-state index contributed by atoms with van der Waals surface area (Å²) >= 11 is 3.83. The molecule has 22 heavy (non-hydrogen) atoms. The maximum atomic E-state index is 11.6. The van der Waals surface area contributed by atoms with Crippen molar-refractivity contribution in [1.29, 1.82) is 0 Å².